The Balaban J connectivity index is 1.24. The van der Waals surface area contributed by atoms with Crippen molar-refractivity contribution in [1.29, 1.82) is 0 Å². The van der Waals surface area contributed by atoms with E-state index < -0.39 is 0 Å². The zero-order valence-corrected chi connectivity index (χ0v) is 20.0. The average Bonchev–Trinajstić information content (AvgIpc) is 3.44. The SMILES string of the molecule is COC(=O)C1CCC(c2nc(-c3cccc(C(=O)Nc4ccc(-c5ccccc5)cc4)c3)no2)CC1. The number of amides is 1. The Labute approximate surface area is 209 Å². The first-order chi connectivity index (χ1) is 17.6. The molecule has 5 rings (SSSR count). The van der Waals surface area contributed by atoms with E-state index in [2.05, 4.69) is 27.6 Å². The van der Waals surface area contributed by atoms with Crippen molar-refractivity contribution >= 4 is 17.6 Å². The Hall–Kier alpha value is -4.26. The molecule has 0 atom stereocenters. The first kappa shape index (κ1) is 23.5. The van der Waals surface area contributed by atoms with Gasteiger partial charge in [0.05, 0.1) is 13.0 Å². The number of carbonyl (C=O) groups excluding carboxylic acids is 2. The van der Waals surface area contributed by atoms with Crippen molar-refractivity contribution < 1.29 is 18.8 Å². The number of anilines is 1. The van der Waals surface area contributed by atoms with E-state index in [0.29, 0.717) is 22.8 Å². The second-order valence-corrected chi connectivity index (χ2v) is 9.01. The topological polar surface area (TPSA) is 94.3 Å². The number of nitrogens with one attached hydrogen (secondary N) is 1. The number of hydrogen-bond acceptors (Lipinski definition) is 6. The molecular weight excluding hydrogens is 454 g/mol. The lowest BCUT2D eigenvalue weighted by molar-refractivity contribution is -0.146. The summed E-state index contributed by atoms with van der Waals surface area (Å²) in [6.45, 7) is 0. The molecule has 1 aliphatic rings. The molecule has 7 heteroatoms. The molecule has 1 aliphatic carbocycles. The van der Waals surface area contributed by atoms with E-state index in [4.69, 9.17) is 9.26 Å². The normalized spacial score (nSPS) is 17.4. The highest BCUT2D eigenvalue weighted by Crippen LogP contribution is 2.36. The largest absolute Gasteiger partial charge is 0.469 e. The summed E-state index contributed by atoms with van der Waals surface area (Å²) < 4.78 is 10.4. The molecule has 1 fully saturated rings. The minimum atomic E-state index is -0.214. The highest BCUT2D eigenvalue weighted by Gasteiger charge is 2.30. The van der Waals surface area contributed by atoms with E-state index in [0.717, 1.165) is 42.5 Å². The molecule has 1 heterocycles. The van der Waals surface area contributed by atoms with Crippen LogP contribution in [-0.2, 0) is 9.53 Å². The van der Waals surface area contributed by atoms with Gasteiger partial charge in [-0.15, -0.1) is 0 Å². The van der Waals surface area contributed by atoms with Crippen molar-refractivity contribution in [2.45, 2.75) is 31.6 Å². The Morgan fingerprint density at radius 1 is 0.861 bits per heavy atom. The van der Waals surface area contributed by atoms with Gasteiger partial charge in [-0.05, 0) is 61.1 Å². The van der Waals surface area contributed by atoms with Crippen LogP contribution < -0.4 is 5.32 Å². The summed E-state index contributed by atoms with van der Waals surface area (Å²) in [5.41, 5.74) is 4.14. The molecule has 1 saturated carbocycles. The number of carbonyl (C=O) groups is 2. The fourth-order valence-corrected chi connectivity index (χ4v) is 4.64. The van der Waals surface area contributed by atoms with Crippen molar-refractivity contribution in [3.63, 3.8) is 0 Å². The molecule has 0 bridgehead atoms. The zero-order valence-electron chi connectivity index (χ0n) is 20.0. The van der Waals surface area contributed by atoms with Crippen LogP contribution in [0, 0.1) is 5.92 Å². The summed E-state index contributed by atoms with van der Waals surface area (Å²) in [6, 6.07) is 25.0. The molecule has 1 N–H and O–H groups in total. The molecule has 1 aromatic heterocycles. The first-order valence-corrected chi connectivity index (χ1v) is 12.1. The van der Waals surface area contributed by atoms with Crippen LogP contribution in [0.4, 0.5) is 5.69 Å². The lowest BCUT2D eigenvalue weighted by Crippen LogP contribution is -2.22. The fourth-order valence-electron chi connectivity index (χ4n) is 4.64. The standard InChI is InChI=1S/C29H27N3O4/c1-35-29(34)22-12-10-21(11-13-22)28-31-26(32-36-28)23-8-5-9-24(18-23)27(33)30-25-16-14-20(15-17-25)19-6-3-2-4-7-19/h2-9,14-18,21-22H,10-13H2,1H3,(H,30,33). The summed E-state index contributed by atoms with van der Waals surface area (Å²) in [6.07, 6.45) is 3.09. The number of rotatable bonds is 6. The predicted octanol–water partition coefficient (Wildman–Crippen LogP) is 6.10. The molecule has 0 spiro atoms. The Morgan fingerprint density at radius 2 is 1.56 bits per heavy atom. The van der Waals surface area contributed by atoms with Crippen LogP contribution in [0.25, 0.3) is 22.5 Å². The van der Waals surface area contributed by atoms with Crippen molar-refractivity contribution in [3.8, 4) is 22.5 Å². The summed E-state index contributed by atoms with van der Waals surface area (Å²) in [7, 11) is 1.43. The Bertz CT molecular complexity index is 1340. The molecule has 0 saturated heterocycles. The maximum Gasteiger partial charge on any atom is 0.308 e. The number of hydrogen-bond donors (Lipinski definition) is 1. The van der Waals surface area contributed by atoms with Crippen molar-refractivity contribution in [1.82, 2.24) is 10.1 Å². The van der Waals surface area contributed by atoms with E-state index in [1.165, 1.54) is 7.11 Å². The van der Waals surface area contributed by atoms with E-state index >= 15 is 0 Å². The molecule has 0 aliphatic heterocycles. The molecular formula is C29H27N3O4. The minimum absolute atomic E-state index is 0.0571. The van der Waals surface area contributed by atoms with Crippen LogP contribution in [0.3, 0.4) is 0 Å². The molecule has 1 amide bonds. The maximum atomic E-state index is 12.9. The fraction of sp³-hybridized carbons (Fsp3) is 0.241. The number of esters is 1. The van der Waals surface area contributed by atoms with Crippen LogP contribution in [-0.4, -0.2) is 29.1 Å². The van der Waals surface area contributed by atoms with Crippen LogP contribution in [0.2, 0.25) is 0 Å². The van der Waals surface area contributed by atoms with E-state index in [1.54, 1.807) is 18.2 Å². The summed E-state index contributed by atoms with van der Waals surface area (Å²) in [4.78, 5) is 29.3. The van der Waals surface area contributed by atoms with Gasteiger partial charge in [-0.25, -0.2) is 0 Å². The highest BCUT2D eigenvalue weighted by atomic mass is 16.5. The average molecular weight is 482 g/mol. The second kappa shape index (κ2) is 10.6. The Kier molecular flexibility index (Phi) is 6.89. The number of benzene rings is 3. The molecule has 4 aromatic rings. The van der Waals surface area contributed by atoms with Gasteiger partial charge in [-0.3, -0.25) is 9.59 Å². The lowest BCUT2D eigenvalue weighted by Gasteiger charge is -2.24. The molecule has 36 heavy (non-hydrogen) atoms. The van der Waals surface area contributed by atoms with Gasteiger partial charge in [-0.2, -0.15) is 4.98 Å². The van der Waals surface area contributed by atoms with Gasteiger partial charge in [0.2, 0.25) is 11.7 Å². The molecule has 0 unspecified atom stereocenters. The van der Waals surface area contributed by atoms with E-state index in [9.17, 15) is 9.59 Å². The minimum Gasteiger partial charge on any atom is -0.469 e. The van der Waals surface area contributed by atoms with Crippen molar-refractivity contribution in [2.24, 2.45) is 5.92 Å². The summed E-state index contributed by atoms with van der Waals surface area (Å²) in [5, 5.41) is 7.09. The van der Waals surface area contributed by atoms with Crippen molar-refractivity contribution in [3.05, 3.63) is 90.3 Å². The quantitative estimate of drug-likeness (QED) is 0.334. The Morgan fingerprint density at radius 3 is 2.28 bits per heavy atom. The van der Waals surface area contributed by atoms with Gasteiger partial charge in [0.15, 0.2) is 0 Å². The number of aromatic nitrogens is 2. The lowest BCUT2D eigenvalue weighted by atomic mass is 9.82. The third-order valence-corrected chi connectivity index (χ3v) is 6.69. The maximum absolute atomic E-state index is 12.9. The van der Waals surface area contributed by atoms with Gasteiger partial charge < -0.3 is 14.6 Å². The van der Waals surface area contributed by atoms with Gasteiger partial charge >= 0.3 is 5.97 Å². The summed E-state index contributed by atoms with van der Waals surface area (Å²) >= 11 is 0. The van der Waals surface area contributed by atoms with E-state index in [1.807, 2.05) is 48.5 Å². The van der Waals surface area contributed by atoms with E-state index in [-0.39, 0.29) is 23.7 Å². The zero-order chi connectivity index (χ0) is 24.9. The van der Waals surface area contributed by atoms with Crippen LogP contribution in [0.5, 0.6) is 0 Å². The molecule has 7 nitrogen and oxygen atoms in total. The van der Waals surface area contributed by atoms with Crippen LogP contribution >= 0.6 is 0 Å². The highest BCUT2D eigenvalue weighted by molar-refractivity contribution is 6.05. The monoisotopic (exact) mass is 481 g/mol. The molecule has 3 aromatic carbocycles. The smallest absolute Gasteiger partial charge is 0.308 e. The number of ether oxygens (including phenoxy) is 1. The molecule has 0 radical (unpaired) electrons. The predicted molar refractivity (Wildman–Crippen MR) is 136 cm³/mol. The second-order valence-electron chi connectivity index (χ2n) is 9.01. The number of methoxy groups -OCH3 is 1. The third-order valence-electron chi connectivity index (χ3n) is 6.69. The van der Waals surface area contributed by atoms with Gasteiger partial charge in [0.1, 0.15) is 0 Å². The van der Waals surface area contributed by atoms with Gasteiger partial charge in [-0.1, -0.05) is 59.8 Å². The van der Waals surface area contributed by atoms with Gasteiger partial charge in [0, 0.05) is 22.7 Å². The number of nitrogens with zero attached hydrogens (tertiary/aromatic N) is 2. The third kappa shape index (κ3) is 5.20. The van der Waals surface area contributed by atoms with Crippen molar-refractivity contribution in [2.75, 3.05) is 12.4 Å². The molecule has 182 valence electrons. The van der Waals surface area contributed by atoms with Crippen LogP contribution in [0.15, 0.2) is 83.4 Å². The summed E-state index contributed by atoms with van der Waals surface area (Å²) in [5.74, 6) is 0.718. The van der Waals surface area contributed by atoms with Crippen LogP contribution in [0.1, 0.15) is 47.8 Å². The first-order valence-electron chi connectivity index (χ1n) is 12.1. The van der Waals surface area contributed by atoms with Gasteiger partial charge in [0.25, 0.3) is 5.91 Å².